The molecule has 1 heterocycles. The van der Waals surface area contributed by atoms with Crippen molar-refractivity contribution < 1.29 is 28.5 Å². The van der Waals surface area contributed by atoms with Gasteiger partial charge < -0.3 is 18.9 Å². The fourth-order valence-corrected chi connectivity index (χ4v) is 2.53. The quantitative estimate of drug-likeness (QED) is 0.322. The third kappa shape index (κ3) is 4.54. The molecule has 6 nitrogen and oxygen atoms in total. The molecule has 1 fully saturated rings. The molecule has 0 aromatic heterocycles. The van der Waals surface area contributed by atoms with Crippen LogP contribution in [0.2, 0.25) is 0 Å². The van der Waals surface area contributed by atoms with E-state index < -0.39 is 17.7 Å². The third-order valence-electron chi connectivity index (χ3n) is 3.09. The maximum atomic E-state index is 12.1. The monoisotopic (exact) mass is 408 g/mol. The van der Waals surface area contributed by atoms with Crippen molar-refractivity contribution in [3.63, 3.8) is 0 Å². The summed E-state index contributed by atoms with van der Waals surface area (Å²) in [6.07, 6.45) is 6.58. The Morgan fingerprint density at radius 1 is 1.20 bits per heavy atom. The highest BCUT2D eigenvalue weighted by Crippen LogP contribution is 2.35. The van der Waals surface area contributed by atoms with Gasteiger partial charge in [-0.05, 0) is 30.7 Å². The molecule has 1 aromatic carbocycles. The fraction of sp³-hybridized carbons (Fsp3) is 0.333. The molecular weight excluding hydrogens is 392 g/mol. The van der Waals surface area contributed by atoms with E-state index in [2.05, 4.69) is 21.9 Å². The minimum absolute atomic E-state index is 0.0840. The summed E-state index contributed by atoms with van der Waals surface area (Å²) >= 11 is 3.38. The van der Waals surface area contributed by atoms with Gasteiger partial charge in [0.05, 0.1) is 6.61 Å². The first-order valence-electron chi connectivity index (χ1n) is 7.48. The Hall–Kier alpha value is -2.46. The van der Waals surface area contributed by atoms with Gasteiger partial charge in [0.25, 0.3) is 5.79 Å². The third-order valence-corrected chi connectivity index (χ3v) is 3.78. The molecule has 0 N–H and O–H groups in total. The lowest BCUT2D eigenvalue weighted by Gasteiger charge is -2.29. The van der Waals surface area contributed by atoms with Crippen LogP contribution in [-0.4, -0.2) is 30.9 Å². The lowest BCUT2D eigenvalue weighted by atomic mass is 10.1. The van der Waals surface area contributed by atoms with Gasteiger partial charge in [-0.1, -0.05) is 21.9 Å². The van der Waals surface area contributed by atoms with Gasteiger partial charge in [-0.3, -0.25) is 0 Å². The highest BCUT2D eigenvalue weighted by atomic mass is 79.9. The van der Waals surface area contributed by atoms with Crippen molar-refractivity contribution in [3.8, 4) is 23.8 Å². The summed E-state index contributed by atoms with van der Waals surface area (Å²) in [5, 5.41) is 0. The van der Waals surface area contributed by atoms with E-state index in [-0.39, 0.29) is 12.2 Å². The van der Waals surface area contributed by atoms with Crippen molar-refractivity contribution in [3.05, 3.63) is 27.7 Å². The van der Waals surface area contributed by atoms with Crippen LogP contribution < -0.4 is 9.47 Å². The molecule has 0 unspecified atom stereocenters. The van der Waals surface area contributed by atoms with Crippen molar-refractivity contribution >= 4 is 33.9 Å². The summed E-state index contributed by atoms with van der Waals surface area (Å²) < 4.78 is 21.7. The van der Waals surface area contributed by atoms with E-state index in [1.54, 1.807) is 12.1 Å². The molecule has 0 atom stereocenters. The molecule has 7 heteroatoms. The number of carbonyl (C=O) groups excluding carboxylic acids is 2. The number of ether oxygens (including phenoxy) is 4. The topological polar surface area (TPSA) is 71.1 Å². The highest BCUT2D eigenvalue weighted by Gasteiger charge is 2.39. The SMILES string of the molecule is C#CCOc1cc(Br)c(C=C2C(=O)OC(C)(C)OC2=O)cc1OCC. The Balaban J connectivity index is 2.42. The molecule has 0 amide bonds. The minimum Gasteiger partial charge on any atom is -0.490 e. The van der Waals surface area contributed by atoms with Crippen LogP contribution in [0.1, 0.15) is 26.3 Å². The van der Waals surface area contributed by atoms with E-state index in [1.807, 2.05) is 6.92 Å². The number of halogens is 1. The standard InChI is InChI=1S/C18H17BrO6/c1-5-7-23-15-10-13(19)11(9-14(15)22-6-2)8-12-16(20)24-18(3,4)25-17(12)21/h1,8-10H,6-7H2,2-4H3. The maximum Gasteiger partial charge on any atom is 0.348 e. The Kier molecular flexibility index (Phi) is 5.75. The first-order chi connectivity index (χ1) is 11.8. The summed E-state index contributed by atoms with van der Waals surface area (Å²) in [4.78, 5) is 24.1. The maximum absolute atomic E-state index is 12.1. The second-order valence-corrected chi connectivity index (χ2v) is 6.34. The summed E-state index contributed by atoms with van der Waals surface area (Å²) in [5.41, 5.74) is 0.319. The van der Waals surface area contributed by atoms with Gasteiger partial charge >= 0.3 is 11.9 Å². The number of terminal acetylenes is 1. The van der Waals surface area contributed by atoms with Crippen molar-refractivity contribution in [2.75, 3.05) is 13.2 Å². The van der Waals surface area contributed by atoms with E-state index in [4.69, 9.17) is 25.4 Å². The van der Waals surface area contributed by atoms with Gasteiger partial charge in [0.15, 0.2) is 11.5 Å². The largest absolute Gasteiger partial charge is 0.490 e. The predicted octanol–water partition coefficient (Wildman–Crippen LogP) is 3.08. The van der Waals surface area contributed by atoms with Crippen LogP contribution in [0.5, 0.6) is 11.5 Å². The van der Waals surface area contributed by atoms with E-state index in [1.165, 1.54) is 19.9 Å². The van der Waals surface area contributed by atoms with Crippen LogP contribution in [-0.2, 0) is 19.1 Å². The van der Waals surface area contributed by atoms with E-state index >= 15 is 0 Å². The molecule has 0 saturated carbocycles. The number of carbonyl (C=O) groups is 2. The highest BCUT2D eigenvalue weighted by molar-refractivity contribution is 9.10. The van der Waals surface area contributed by atoms with Crippen LogP contribution in [0.25, 0.3) is 6.08 Å². The van der Waals surface area contributed by atoms with E-state index in [0.717, 1.165) is 0 Å². The first-order valence-corrected chi connectivity index (χ1v) is 8.27. The average molecular weight is 409 g/mol. The second-order valence-electron chi connectivity index (χ2n) is 5.48. The molecule has 1 aliphatic heterocycles. The lowest BCUT2D eigenvalue weighted by Crippen LogP contribution is -2.41. The number of rotatable bonds is 5. The Bertz CT molecular complexity index is 751. The molecule has 132 valence electrons. The molecule has 0 radical (unpaired) electrons. The molecule has 1 aliphatic rings. The van der Waals surface area contributed by atoms with Crippen LogP contribution in [0, 0.1) is 12.3 Å². The number of hydrogen-bond acceptors (Lipinski definition) is 6. The predicted molar refractivity (Wildman–Crippen MR) is 93.9 cm³/mol. The lowest BCUT2D eigenvalue weighted by molar-refractivity contribution is -0.222. The molecule has 2 rings (SSSR count). The van der Waals surface area contributed by atoms with Crippen molar-refractivity contribution in [1.29, 1.82) is 0 Å². The number of esters is 2. The minimum atomic E-state index is -1.29. The molecular formula is C18H17BrO6. The van der Waals surface area contributed by atoms with Crippen molar-refractivity contribution in [2.45, 2.75) is 26.6 Å². The Morgan fingerprint density at radius 2 is 1.80 bits per heavy atom. The summed E-state index contributed by atoms with van der Waals surface area (Å²) in [7, 11) is 0. The second kappa shape index (κ2) is 7.62. The number of benzene rings is 1. The summed E-state index contributed by atoms with van der Waals surface area (Å²) in [6, 6.07) is 3.28. The van der Waals surface area contributed by atoms with E-state index in [9.17, 15) is 9.59 Å². The molecule has 1 aromatic rings. The van der Waals surface area contributed by atoms with Crippen LogP contribution in [0.4, 0.5) is 0 Å². The Morgan fingerprint density at radius 3 is 2.36 bits per heavy atom. The zero-order chi connectivity index (χ0) is 18.6. The van der Waals surface area contributed by atoms with Crippen LogP contribution in [0.15, 0.2) is 22.2 Å². The van der Waals surface area contributed by atoms with Gasteiger partial charge in [-0.2, -0.15) is 0 Å². The van der Waals surface area contributed by atoms with Crippen molar-refractivity contribution in [1.82, 2.24) is 0 Å². The average Bonchev–Trinajstić information content (AvgIpc) is 2.51. The van der Waals surface area contributed by atoms with Gasteiger partial charge in [0.2, 0.25) is 0 Å². The summed E-state index contributed by atoms with van der Waals surface area (Å²) in [5.74, 6) is 0.473. The Labute approximate surface area is 154 Å². The smallest absolute Gasteiger partial charge is 0.348 e. The van der Waals surface area contributed by atoms with Crippen LogP contribution >= 0.6 is 15.9 Å². The first kappa shape index (κ1) is 18.9. The van der Waals surface area contributed by atoms with Gasteiger partial charge in [-0.15, -0.1) is 6.42 Å². The molecule has 0 spiro atoms. The van der Waals surface area contributed by atoms with Gasteiger partial charge in [0, 0.05) is 18.3 Å². The van der Waals surface area contributed by atoms with Crippen LogP contribution in [0.3, 0.4) is 0 Å². The zero-order valence-corrected chi connectivity index (χ0v) is 15.6. The summed E-state index contributed by atoms with van der Waals surface area (Å²) in [6.45, 7) is 5.28. The number of hydrogen-bond donors (Lipinski definition) is 0. The molecule has 25 heavy (non-hydrogen) atoms. The van der Waals surface area contributed by atoms with Gasteiger partial charge in [-0.25, -0.2) is 9.59 Å². The zero-order valence-electron chi connectivity index (χ0n) is 14.1. The normalized spacial score (nSPS) is 15.7. The number of cyclic esters (lactones) is 2. The molecule has 0 bridgehead atoms. The molecule has 1 saturated heterocycles. The molecule has 0 aliphatic carbocycles. The van der Waals surface area contributed by atoms with Gasteiger partial charge in [0.1, 0.15) is 12.2 Å². The fourth-order valence-electron chi connectivity index (χ4n) is 2.10. The van der Waals surface area contributed by atoms with E-state index in [0.29, 0.717) is 28.1 Å². The van der Waals surface area contributed by atoms with Crippen molar-refractivity contribution in [2.24, 2.45) is 0 Å².